The van der Waals surface area contributed by atoms with Gasteiger partial charge in [-0.25, -0.2) is 14.2 Å². The second-order valence-electron chi connectivity index (χ2n) is 2.62. The molecule has 0 spiro atoms. The maximum Gasteiger partial charge on any atom is 0.332 e. The van der Waals surface area contributed by atoms with Gasteiger partial charge in [0.05, 0.1) is 0 Å². The molecule has 2 N–H and O–H groups in total. The molecular formula is C8H8N2O4. The summed E-state index contributed by atoms with van der Waals surface area (Å²) >= 11 is 0. The first kappa shape index (κ1) is 9.97. The predicted octanol–water partition coefficient (Wildman–Crippen LogP) is -0.600. The summed E-state index contributed by atoms with van der Waals surface area (Å²) in [6, 6.07) is 1.20. The Morgan fingerprint density at radius 1 is 1.57 bits per heavy atom. The molecule has 1 aromatic heterocycles. The number of H-pyrrole nitrogens is 1. The van der Waals surface area contributed by atoms with Crippen molar-refractivity contribution in [1.29, 1.82) is 0 Å². The van der Waals surface area contributed by atoms with Gasteiger partial charge in [0.25, 0.3) is 5.56 Å². The molecule has 6 nitrogen and oxygen atoms in total. The lowest BCUT2D eigenvalue weighted by Gasteiger charge is -1.96. The molecule has 0 aliphatic heterocycles. The monoisotopic (exact) mass is 196 g/mol. The third kappa shape index (κ3) is 2.19. The van der Waals surface area contributed by atoms with E-state index in [0.29, 0.717) is 16.3 Å². The van der Waals surface area contributed by atoms with Gasteiger partial charge in [-0.2, -0.15) is 0 Å². The molecule has 0 atom stereocenters. The topological polar surface area (TPSA) is 92.2 Å². The molecule has 0 aliphatic rings. The van der Waals surface area contributed by atoms with Crippen molar-refractivity contribution in [3.63, 3.8) is 0 Å². The van der Waals surface area contributed by atoms with Crippen molar-refractivity contribution >= 4 is 12.2 Å². The highest BCUT2D eigenvalue weighted by molar-refractivity contribution is 5.82. The Morgan fingerprint density at radius 2 is 2.21 bits per heavy atom. The number of carboxylic acids is 1. The molecular weight excluding hydrogens is 188 g/mol. The average Bonchev–Trinajstić information content (AvgIpc) is 2.01. The van der Waals surface area contributed by atoms with Gasteiger partial charge in [0.15, 0.2) is 0 Å². The molecule has 0 bridgehead atoms. The molecule has 1 rings (SSSR count). The van der Waals surface area contributed by atoms with Crippen LogP contribution in [0, 0.1) is 6.92 Å². The van der Waals surface area contributed by atoms with Crippen LogP contribution in [-0.4, -0.2) is 20.6 Å². The second kappa shape index (κ2) is 3.73. The smallest absolute Gasteiger partial charge is 0.332 e. The summed E-state index contributed by atoms with van der Waals surface area (Å²) in [5.74, 6) is -1.23. The highest BCUT2D eigenvalue weighted by atomic mass is 16.4. The molecule has 0 aromatic carbocycles. The van der Waals surface area contributed by atoms with Gasteiger partial charge >= 0.3 is 11.7 Å². The number of nitrogens with zero attached hydrogens (tertiary/aromatic N) is 1. The van der Waals surface area contributed by atoms with Crippen molar-refractivity contribution in [2.75, 3.05) is 0 Å². The number of carboxylic acid groups (broad SMARTS) is 1. The van der Waals surface area contributed by atoms with Gasteiger partial charge in [0, 0.05) is 24.0 Å². The molecule has 0 radical (unpaired) electrons. The minimum atomic E-state index is -1.23. The molecule has 0 saturated heterocycles. The van der Waals surface area contributed by atoms with E-state index in [-0.39, 0.29) is 0 Å². The summed E-state index contributed by atoms with van der Waals surface area (Å²) in [5.41, 5.74) is -0.795. The van der Waals surface area contributed by atoms with Crippen molar-refractivity contribution in [2.45, 2.75) is 6.92 Å². The fraction of sp³-hybridized carbons (Fsp3) is 0.125. The van der Waals surface area contributed by atoms with Crippen LogP contribution in [0.25, 0.3) is 6.20 Å². The summed E-state index contributed by atoms with van der Waals surface area (Å²) in [6.07, 6.45) is 1.62. The Labute approximate surface area is 78.1 Å². The molecule has 6 heteroatoms. The second-order valence-corrected chi connectivity index (χ2v) is 2.62. The number of aromatic amines is 1. The van der Waals surface area contributed by atoms with Crippen molar-refractivity contribution in [2.24, 2.45) is 0 Å². The zero-order valence-corrected chi connectivity index (χ0v) is 7.35. The number of hydrogen-bond acceptors (Lipinski definition) is 3. The molecule has 0 amide bonds. The number of carbonyl (C=O) groups is 1. The molecule has 0 unspecified atom stereocenters. The summed E-state index contributed by atoms with van der Waals surface area (Å²) in [5, 5.41) is 8.30. The highest BCUT2D eigenvalue weighted by Gasteiger charge is 1.98. The van der Waals surface area contributed by atoms with Crippen molar-refractivity contribution < 1.29 is 9.90 Å². The van der Waals surface area contributed by atoms with Crippen LogP contribution in [0.1, 0.15) is 5.69 Å². The van der Waals surface area contributed by atoms with E-state index in [1.54, 1.807) is 6.92 Å². The Balaban J connectivity index is 3.30. The van der Waals surface area contributed by atoms with E-state index in [2.05, 4.69) is 4.98 Å². The number of aliphatic carboxylic acids is 1. The van der Waals surface area contributed by atoms with Crippen LogP contribution in [-0.2, 0) is 4.79 Å². The van der Waals surface area contributed by atoms with Gasteiger partial charge in [-0.05, 0) is 6.92 Å². The molecule has 1 heterocycles. The maximum atomic E-state index is 11.2. The Hall–Kier alpha value is -2.11. The van der Waals surface area contributed by atoms with Gasteiger partial charge in [-0.3, -0.25) is 4.79 Å². The lowest BCUT2D eigenvalue weighted by molar-refractivity contribution is -0.131. The maximum absolute atomic E-state index is 11.2. The van der Waals surface area contributed by atoms with Crippen molar-refractivity contribution in [3.05, 3.63) is 38.7 Å². The minimum absolute atomic E-state index is 0.431. The zero-order valence-electron chi connectivity index (χ0n) is 7.35. The molecule has 0 fully saturated rings. The Bertz CT molecular complexity index is 464. The fourth-order valence-electron chi connectivity index (χ4n) is 0.899. The van der Waals surface area contributed by atoms with Crippen LogP contribution >= 0.6 is 0 Å². The first-order valence-corrected chi connectivity index (χ1v) is 3.74. The van der Waals surface area contributed by atoms with Crippen LogP contribution in [0.5, 0.6) is 0 Å². The standard InChI is InChI=1S/C8H8N2O4/c1-5-4-6(11)10(8(14)9-5)3-2-7(12)13/h2-4H,1H3,(H,9,14)(H,12,13)/b3-2+. The number of nitrogens with one attached hydrogen (secondary N) is 1. The van der Waals surface area contributed by atoms with E-state index in [0.717, 1.165) is 6.20 Å². The van der Waals surface area contributed by atoms with Crippen LogP contribution in [0.15, 0.2) is 21.7 Å². The van der Waals surface area contributed by atoms with Gasteiger partial charge in [0.2, 0.25) is 0 Å². The predicted molar refractivity (Wildman–Crippen MR) is 49.0 cm³/mol. The normalized spacial score (nSPS) is 10.6. The van der Waals surface area contributed by atoms with Gasteiger partial charge in [-0.15, -0.1) is 0 Å². The minimum Gasteiger partial charge on any atom is -0.478 e. The van der Waals surface area contributed by atoms with Crippen LogP contribution in [0.4, 0.5) is 0 Å². The third-order valence-electron chi connectivity index (χ3n) is 1.47. The number of aromatic nitrogens is 2. The first-order chi connectivity index (χ1) is 6.50. The fourth-order valence-corrected chi connectivity index (χ4v) is 0.899. The van der Waals surface area contributed by atoms with Crippen LogP contribution < -0.4 is 11.2 Å². The number of rotatable bonds is 2. The average molecular weight is 196 g/mol. The van der Waals surface area contributed by atoms with E-state index >= 15 is 0 Å². The van der Waals surface area contributed by atoms with Gasteiger partial charge in [-0.1, -0.05) is 0 Å². The highest BCUT2D eigenvalue weighted by Crippen LogP contribution is 1.81. The van der Waals surface area contributed by atoms with Crippen LogP contribution in [0.2, 0.25) is 0 Å². The molecule has 0 aliphatic carbocycles. The Kier molecular flexibility index (Phi) is 2.66. The molecule has 1 aromatic rings. The SMILES string of the molecule is Cc1cc(=O)n(/C=C/C(=O)O)c(=O)[nH]1. The van der Waals surface area contributed by atoms with Gasteiger partial charge in [0.1, 0.15) is 0 Å². The summed E-state index contributed by atoms with van der Waals surface area (Å²) in [4.78, 5) is 34.8. The summed E-state index contributed by atoms with van der Waals surface area (Å²) in [7, 11) is 0. The third-order valence-corrected chi connectivity index (χ3v) is 1.47. The van der Waals surface area contributed by atoms with E-state index in [9.17, 15) is 14.4 Å². The lowest BCUT2D eigenvalue weighted by atomic mass is 10.4. The first-order valence-electron chi connectivity index (χ1n) is 3.74. The Morgan fingerprint density at radius 3 is 2.71 bits per heavy atom. The quantitative estimate of drug-likeness (QED) is 0.618. The zero-order chi connectivity index (χ0) is 10.7. The van der Waals surface area contributed by atoms with Crippen molar-refractivity contribution in [1.82, 2.24) is 9.55 Å². The molecule has 74 valence electrons. The largest absolute Gasteiger partial charge is 0.478 e. The molecule has 0 saturated carbocycles. The van der Waals surface area contributed by atoms with Crippen molar-refractivity contribution in [3.8, 4) is 0 Å². The summed E-state index contributed by atoms with van der Waals surface area (Å²) < 4.78 is 0.682. The summed E-state index contributed by atoms with van der Waals surface area (Å²) in [6.45, 7) is 1.56. The van der Waals surface area contributed by atoms with Crippen LogP contribution in [0.3, 0.4) is 0 Å². The lowest BCUT2D eigenvalue weighted by Crippen LogP contribution is -2.31. The van der Waals surface area contributed by atoms with E-state index in [4.69, 9.17) is 5.11 Å². The number of aryl methyl sites for hydroxylation is 1. The number of hydrogen-bond donors (Lipinski definition) is 2. The molecule has 14 heavy (non-hydrogen) atoms. The van der Waals surface area contributed by atoms with E-state index < -0.39 is 17.2 Å². The van der Waals surface area contributed by atoms with E-state index in [1.807, 2.05) is 0 Å². The van der Waals surface area contributed by atoms with E-state index in [1.165, 1.54) is 6.07 Å². The van der Waals surface area contributed by atoms with Gasteiger partial charge < -0.3 is 10.1 Å².